The Morgan fingerprint density at radius 3 is 2.81 bits per heavy atom. The zero-order valence-corrected chi connectivity index (χ0v) is 10.4. The predicted octanol–water partition coefficient (Wildman–Crippen LogP) is 1.76. The summed E-state index contributed by atoms with van der Waals surface area (Å²) in [5, 5.41) is 4.16. The molecule has 0 saturated heterocycles. The van der Waals surface area contributed by atoms with Crippen molar-refractivity contribution in [1.29, 1.82) is 0 Å². The molecule has 1 atom stereocenters. The summed E-state index contributed by atoms with van der Waals surface area (Å²) in [6, 6.07) is 0.376. The van der Waals surface area contributed by atoms with E-state index < -0.39 is 0 Å². The first kappa shape index (κ1) is 13.2. The number of nitrogens with two attached hydrogens (primary N) is 1. The Morgan fingerprint density at radius 1 is 1.44 bits per heavy atom. The van der Waals surface area contributed by atoms with Crippen LogP contribution in [0.3, 0.4) is 0 Å². The van der Waals surface area contributed by atoms with Crippen LogP contribution >= 0.6 is 0 Å². The van der Waals surface area contributed by atoms with Gasteiger partial charge in [0.15, 0.2) is 0 Å². The molecule has 0 aromatic carbocycles. The van der Waals surface area contributed by atoms with Crippen LogP contribution in [-0.2, 0) is 13.5 Å². The number of aromatic nitrogens is 2. The van der Waals surface area contributed by atoms with Crippen LogP contribution in [0.15, 0.2) is 12.4 Å². The van der Waals surface area contributed by atoms with Gasteiger partial charge in [0.2, 0.25) is 0 Å². The SMILES string of the molecule is CCCCCCC(Cc1cnn(C)c1)NN. The van der Waals surface area contributed by atoms with Crippen molar-refractivity contribution in [2.24, 2.45) is 12.9 Å². The lowest BCUT2D eigenvalue weighted by atomic mass is 10.0. The van der Waals surface area contributed by atoms with E-state index in [4.69, 9.17) is 5.84 Å². The van der Waals surface area contributed by atoms with Crippen molar-refractivity contribution >= 4 is 0 Å². The smallest absolute Gasteiger partial charge is 0.0522 e. The second-order valence-electron chi connectivity index (χ2n) is 4.44. The Bertz CT molecular complexity index is 282. The molecule has 3 N–H and O–H groups in total. The van der Waals surface area contributed by atoms with Gasteiger partial charge in [0, 0.05) is 19.3 Å². The Kier molecular flexibility index (Phi) is 6.11. The standard InChI is InChI=1S/C12H24N4/c1-3-4-5-6-7-12(15-13)8-11-9-14-16(2)10-11/h9-10,12,15H,3-8,13H2,1-2H3. The summed E-state index contributed by atoms with van der Waals surface area (Å²) >= 11 is 0. The molecule has 92 valence electrons. The van der Waals surface area contributed by atoms with Crippen molar-refractivity contribution < 1.29 is 0 Å². The van der Waals surface area contributed by atoms with Gasteiger partial charge in [-0.3, -0.25) is 16.0 Å². The quantitative estimate of drug-likeness (QED) is 0.402. The van der Waals surface area contributed by atoms with Crippen LogP contribution in [0.4, 0.5) is 0 Å². The molecule has 0 fully saturated rings. The van der Waals surface area contributed by atoms with Gasteiger partial charge in [-0.1, -0.05) is 32.6 Å². The third kappa shape index (κ3) is 4.77. The monoisotopic (exact) mass is 224 g/mol. The number of nitrogens with one attached hydrogen (secondary N) is 1. The van der Waals surface area contributed by atoms with Gasteiger partial charge in [-0.15, -0.1) is 0 Å². The molecule has 16 heavy (non-hydrogen) atoms. The van der Waals surface area contributed by atoms with Gasteiger partial charge < -0.3 is 0 Å². The van der Waals surface area contributed by atoms with E-state index in [9.17, 15) is 0 Å². The molecule has 0 saturated carbocycles. The highest BCUT2D eigenvalue weighted by Crippen LogP contribution is 2.09. The number of hydrogen-bond acceptors (Lipinski definition) is 3. The lowest BCUT2D eigenvalue weighted by molar-refractivity contribution is 0.463. The first-order valence-electron chi connectivity index (χ1n) is 6.20. The fraction of sp³-hybridized carbons (Fsp3) is 0.750. The molecule has 0 aliphatic heterocycles. The van der Waals surface area contributed by atoms with E-state index in [0.717, 1.165) is 12.8 Å². The second-order valence-corrected chi connectivity index (χ2v) is 4.44. The molecule has 0 radical (unpaired) electrons. The summed E-state index contributed by atoms with van der Waals surface area (Å²) in [5.74, 6) is 5.56. The molecular formula is C12H24N4. The summed E-state index contributed by atoms with van der Waals surface area (Å²) in [7, 11) is 1.94. The van der Waals surface area contributed by atoms with E-state index in [1.807, 2.05) is 17.9 Å². The fourth-order valence-corrected chi connectivity index (χ4v) is 1.92. The van der Waals surface area contributed by atoms with E-state index in [0.29, 0.717) is 6.04 Å². The van der Waals surface area contributed by atoms with Crippen LogP contribution in [0.5, 0.6) is 0 Å². The van der Waals surface area contributed by atoms with E-state index in [1.54, 1.807) is 0 Å². The normalized spacial score (nSPS) is 12.9. The average Bonchev–Trinajstić information content (AvgIpc) is 2.68. The van der Waals surface area contributed by atoms with Crippen LogP contribution in [0.25, 0.3) is 0 Å². The van der Waals surface area contributed by atoms with Crippen LogP contribution in [-0.4, -0.2) is 15.8 Å². The lowest BCUT2D eigenvalue weighted by Crippen LogP contribution is -2.36. The van der Waals surface area contributed by atoms with Crippen molar-refractivity contribution in [2.45, 2.75) is 51.5 Å². The fourth-order valence-electron chi connectivity index (χ4n) is 1.92. The first-order valence-corrected chi connectivity index (χ1v) is 6.20. The molecule has 4 heteroatoms. The summed E-state index contributed by atoms with van der Waals surface area (Å²) in [6.07, 6.45) is 11.2. The molecule has 1 unspecified atom stereocenters. The summed E-state index contributed by atoms with van der Waals surface area (Å²) in [5.41, 5.74) is 4.15. The summed E-state index contributed by atoms with van der Waals surface area (Å²) in [4.78, 5) is 0. The van der Waals surface area contributed by atoms with Gasteiger partial charge in [-0.2, -0.15) is 5.10 Å². The molecule has 1 heterocycles. The molecule has 1 aromatic heterocycles. The lowest BCUT2D eigenvalue weighted by Gasteiger charge is -2.14. The number of hydrogen-bond donors (Lipinski definition) is 2. The maximum Gasteiger partial charge on any atom is 0.0522 e. The Balaban J connectivity index is 2.26. The van der Waals surface area contributed by atoms with E-state index in [-0.39, 0.29) is 0 Å². The van der Waals surface area contributed by atoms with Gasteiger partial charge in [-0.25, -0.2) is 0 Å². The molecule has 0 aliphatic carbocycles. The zero-order valence-electron chi connectivity index (χ0n) is 10.4. The van der Waals surface area contributed by atoms with Crippen molar-refractivity contribution in [3.05, 3.63) is 18.0 Å². The number of hydrazine groups is 1. The minimum Gasteiger partial charge on any atom is -0.276 e. The number of aryl methyl sites for hydroxylation is 1. The minimum atomic E-state index is 0.376. The van der Waals surface area contributed by atoms with Gasteiger partial charge in [0.1, 0.15) is 0 Å². The third-order valence-electron chi connectivity index (χ3n) is 2.88. The van der Waals surface area contributed by atoms with Gasteiger partial charge in [0.25, 0.3) is 0 Å². The maximum absolute atomic E-state index is 5.56. The molecule has 0 aliphatic rings. The predicted molar refractivity (Wildman–Crippen MR) is 66.8 cm³/mol. The molecule has 0 amide bonds. The Hall–Kier alpha value is -0.870. The number of unbranched alkanes of at least 4 members (excludes halogenated alkanes) is 3. The van der Waals surface area contributed by atoms with Crippen molar-refractivity contribution in [2.75, 3.05) is 0 Å². The van der Waals surface area contributed by atoms with Crippen molar-refractivity contribution in [3.63, 3.8) is 0 Å². The molecular weight excluding hydrogens is 200 g/mol. The summed E-state index contributed by atoms with van der Waals surface area (Å²) < 4.78 is 1.83. The van der Waals surface area contributed by atoms with Crippen molar-refractivity contribution in [3.8, 4) is 0 Å². The number of rotatable bonds is 8. The first-order chi connectivity index (χ1) is 7.76. The Labute approximate surface area is 98.2 Å². The van der Waals surface area contributed by atoms with Gasteiger partial charge in [0.05, 0.1) is 6.20 Å². The van der Waals surface area contributed by atoms with Crippen LogP contribution in [0.2, 0.25) is 0 Å². The van der Waals surface area contributed by atoms with Gasteiger partial charge >= 0.3 is 0 Å². The maximum atomic E-state index is 5.56. The summed E-state index contributed by atoms with van der Waals surface area (Å²) in [6.45, 7) is 2.23. The topological polar surface area (TPSA) is 55.9 Å². The van der Waals surface area contributed by atoms with Gasteiger partial charge in [-0.05, 0) is 18.4 Å². The highest BCUT2D eigenvalue weighted by atomic mass is 15.2. The van der Waals surface area contributed by atoms with E-state index >= 15 is 0 Å². The van der Waals surface area contributed by atoms with Crippen LogP contribution in [0.1, 0.15) is 44.6 Å². The van der Waals surface area contributed by atoms with E-state index in [1.165, 1.54) is 31.2 Å². The highest BCUT2D eigenvalue weighted by molar-refractivity contribution is 5.05. The zero-order chi connectivity index (χ0) is 11.8. The Morgan fingerprint density at radius 2 is 2.25 bits per heavy atom. The molecule has 0 spiro atoms. The molecule has 1 rings (SSSR count). The molecule has 0 bridgehead atoms. The average molecular weight is 224 g/mol. The molecule has 1 aromatic rings. The number of nitrogens with zero attached hydrogens (tertiary/aromatic N) is 2. The third-order valence-corrected chi connectivity index (χ3v) is 2.88. The van der Waals surface area contributed by atoms with Crippen molar-refractivity contribution in [1.82, 2.24) is 15.2 Å². The minimum absolute atomic E-state index is 0.376. The van der Waals surface area contributed by atoms with Crippen LogP contribution in [0, 0.1) is 0 Å². The van der Waals surface area contributed by atoms with Crippen LogP contribution < -0.4 is 11.3 Å². The second kappa shape index (κ2) is 7.41. The largest absolute Gasteiger partial charge is 0.276 e. The molecule has 4 nitrogen and oxygen atoms in total. The van der Waals surface area contributed by atoms with E-state index in [2.05, 4.69) is 23.6 Å². The highest BCUT2D eigenvalue weighted by Gasteiger charge is 2.08.